The highest BCUT2D eigenvalue weighted by molar-refractivity contribution is 7.16. The van der Waals surface area contributed by atoms with Crippen LogP contribution in [0.2, 0.25) is 0 Å². The van der Waals surface area contributed by atoms with Crippen LogP contribution in [0, 0.1) is 0 Å². The van der Waals surface area contributed by atoms with Gasteiger partial charge >= 0.3 is 0 Å². The standard InChI is InChI=1S/C21H21OP.ClH/c23-17-16-22-21(18-10-4-1-5-11-18,19-12-6-2-7-13-19)20-14-8-3-9-15-20;/h1-15H,16-17,23H2;1H. The van der Waals surface area contributed by atoms with E-state index in [1.807, 2.05) is 27.4 Å². The molecule has 0 amide bonds. The third-order valence-corrected chi connectivity index (χ3v) is 4.29. The van der Waals surface area contributed by atoms with Crippen LogP contribution in [0.4, 0.5) is 0 Å². The molecule has 0 N–H and O–H groups in total. The van der Waals surface area contributed by atoms with Gasteiger partial charge in [-0.1, -0.05) is 91.0 Å². The van der Waals surface area contributed by atoms with Gasteiger partial charge in [-0.15, -0.1) is 0 Å². The lowest BCUT2D eigenvalue weighted by Crippen LogP contribution is -3.00. The lowest BCUT2D eigenvalue weighted by molar-refractivity contribution is -0.00000923. The predicted molar refractivity (Wildman–Crippen MR) is 101 cm³/mol. The van der Waals surface area contributed by atoms with Crippen LogP contribution in [0.5, 0.6) is 0 Å². The van der Waals surface area contributed by atoms with Crippen molar-refractivity contribution in [2.24, 2.45) is 0 Å². The Balaban J connectivity index is 0.00000208. The fourth-order valence-electron chi connectivity index (χ4n) is 2.99. The van der Waals surface area contributed by atoms with E-state index >= 15 is 0 Å². The molecule has 0 aliphatic carbocycles. The summed E-state index contributed by atoms with van der Waals surface area (Å²) in [4.78, 5) is 0. The summed E-state index contributed by atoms with van der Waals surface area (Å²) in [6, 6.07) is 31.5. The van der Waals surface area contributed by atoms with Gasteiger partial charge in [-0.3, -0.25) is 0 Å². The monoisotopic (exact) mass is 356 g/mol. The van der Waals surface area contributed by atoms with Crippen LogP contribution in [0.1, 0.15) is 16.7 Å². The Hall–Kier alpha value is -1.66. The van der Waals surface area contributed by atoms with Gasteiger partial charge in [0.1, 0.15) is 5.60 Å². The molecule has 3 rings (SSSR count). The van der Waals surface area contributed by atoms with E-state index < -0.39 is 5.60 Å². The molecule has 0 spiro atoms. The highest BCUT2D eigenvalue weighted by atomic mass is 35.5. The third-order valence-electron chi connectivity index (χ3n) is 4.00. The Bertz CT molecular complexity index is 620. The van der Waals surface area contributed by atoms with Crippen LogP contribution in [0.3, 0.4) is 0 Å². The summed E-state index contributed by atoms with van der Waals surface area (Å²) >= 11 is 0. The minimum atomic E-state index is -0.565. The summed E-state index contributed by atoms with van der Waals surface area (Å²) in [5.74, 6) is 0. The zero-order valence-corrected chi connectivity index (χ0v) is 15.7. The Labute approximate surface area is 152 Å². The highest BCUT2D eigenvalue weighted by Crippen LogP contribution is 2.40. The molecule has 0 heterocycles. The van der Waals surface area contributed by atoms with Crippen molar-refractivity contribution in [1.82, 2.24) is 0 Å². The molecular formula is C21H22ClOP. The van der Waals surface area contributed by atoms with Gasteiger partial charge in [-0.25, -0.2) is 0 Å². The maximum absolute atomic E-state index is 6.54. The number of hydrogen-bond donors (Lipinski definition) is 0. The molecule has 0 aliphatic rings. The van der Waals surface area contributed by atoms with Crippen LogP contribution in [-0.4, -0.2) is 12.8 Å². The van der Waals surface area contributed by atoms with Crippen molar-refractivity contribution in [3.63, 3.8) is 0 Å². The van der Waals surface area contributed by atoms with Gasteiger partial charge in [-0.05, 0) is 25.9 Å². The SMILES string of the molecule is [Cl-].[PH3+]CCOC(c1ccccc1)(c1ccccc1)c1ccccc1. The van der Waals surface area contributed by atoms with Crippen LogP contribution in [-0.2, 0) is 10.3 Å². The molecule has 3 heteroatoms. The minimum Gasteiger partial charge on any atom is -1.00 e. The number of ether oxygens (including phenoxy) is 1. The van der Waals surface area contributed by atoms with E-state index in [4.69, 9.17) is 4.74 Å². The maximum atomic E-state index is 6.54. The quantitative estimate of drug-likeness (QED) is 0.481. The molecule has 3 aromatic rings. The summed E-state index contributed by atoms with van der Waals surface area (Å²) < 4.78 is 6.54. The van der Waals surface area contributed by atoms with Gasteiger partial charge in [0.2, 0.25) is 0 Å². The zero-order valence-electron chi connectivity index (χ0n) is 13.6. The molecule has 24 heavy (non-hydrogen) atoms. The predicted octanol–water partition coefficient (Wildman–Crippen LogP) is 1.61. The van der Waals surface area contributed by atoms with Gasteiger partial charge in [0, 0.05) is 0 Å². The molecule has 0 bridgehead atoms. The molecule has 0 fully saturated rings. The smallest absolute Gasteiger partial charge is 0.143 e. The molecular weight excluding hydrogens is 335 g/mol. The van der Waals surface area contributed by atoms with Gasteiger partial charge in [0.05, 0.1) is 12.8 Å². The van der Waals surface area contributed by atoms with Gasteiger partial charge in [0.15, 0.2) is 0 Å². The van der Waals surface area contributed by atoms with Crippen molar-refractivity contribution >= 4 is 9.24 Å². The van der Waals surface area contributed by atoms with E-state index in [0.29, 0.717) is 0 Å². The van der Waals surface area contributed by atoms with Crippen LogP contribution < -0.4 is 12.4 Å². The summed E-state index contributed by atoms with van der Waals surface area (Å²) in [7, 11) is 1.94. The average molecular weight is 357 g/mol. The second-order valence-electron chi connectivity index (χ2n) is 5.48. The van der Waals surface area contributed by atoms with Gasteiger partial charge in [-0.2, -0.15) is 0 Å². The number of hydrogen-bond acceptors (Lipinski definition) is 1. The van der Waals surface area contributed by atoms with Crippen LogP contribution >= 0.6 is 9.24 Å². The molecule has 0 saturated carbocycles. The molecule has 1 atom stereocenters. The summed E-state index contributed by atoms with van der Waals surface area (Å²) in [5, 5.41) is 0. The van der Waals surface area contributed by atoms with Crippen molar-refractivity contribution in [2.75, 3.05) is 12.8 Å². The molecule has 1 nitrogen and oxygen atoms in total. The Kier molecular flexibility index (Phi) is 6.99. The van der Waals surface area contributed by atoms with Crippen LogP contribution in [0.25, 0.3) is 0 Å². The van der Waals surface area contributed by atoms with E-state index in [2.05, 4.69) is 72.8 Å². The van der Waals surface area contributed by atoms with Crippen molar-refractivity contribution in [2.45, 2.75) is 5.60 Å². The van der Waals surface area contributed by atoms with E-state index in [9.17, 15) is 0 Å². The van der Waals surface area contributed by atoms with Crippen molar-refractivity contribution in [1.29, 1.82) is 0 Å². The van der Waals surface area contributed by atoms with Gasteiger partial charge in [0.25, 0.3) is 0 Å². The van der Waals surface area contributed by atoms with Crippen molar-refractivity contribution in [3.05, 3.63) is 108 Å². The van der Waals surface area contributed by atoms with E-state index in [1.54, 1.807) is 0 Å². The molecule has 0 aromatic heterocycles. The van der Waals surface area contributed by atoms with E-state index in [-0.39, 0.29) is 12.4 Å². The Morgan fingerprint density at radius 3 is 1.25 bits per heavy atom. The first kappa shape index (κ1) is 18.7. The maximum Gasteiger partial charge on any atom is 0.143 e. The minimum absolute atomic E-state index is 0. The number of rotatable bonds is 6. The molecule has 0 aliphatic heterocycles. The Morgan fingerprint density at radius 2 is 0.958 bits per heavy atom. The summed E-state index contributed by atoms with van der Waals surface area (Å²) in [5.41, 5.74) is 2.92. The third kappa shape index (κ3) is 3.70. The second kappa shape index (κ2) is 8.99. The summed E-state index contributed by atoms with van der Waals surface area (Å²) in [6.07, 6.45) is 1.01. The fourth-order valence-corrected chi connectivity index (χ4v) is 3.14. The lowest BCUT2D eigenvalue weighted by Gasteiger charge is -2.35. The fraction of sp³-hybridized carbons (Fsp3) is 0.143. The Morgan fingerprint density at radius 1 is 0.625 bits per heavy atom. The highest BCUT2D eigenvalue weighted by Gasteiger charge is 2.37. The van der Waals surface area contributed by atoms with E-state index in [1.165, 1.54) is 0 Å². The molecule has 3 aromatic carbocycles. The van der Waals surface area contributed by atoms with Crippen molar-refractivity contribution in [3.8, 4) is 0 Å². The second-order valence-corrected chi connectivity index (χ2v) is 6.19. The van der Waals surface area contributed by atoms with Crippen LogP contribution in [0.15, 0.2) is 91.0 Å². The normalized spacial score (nSPS) is 11.0. The zero-order chi connectivity index (χ0) is 16.0. The van der Waals surface area contributed by atoms with Gasteiger partial charge < -0.3 is 17.1 Å². The average Bonchev–Trinajstić information content (AvgIpc) is 2.65. The molecule has 0 saturated heterocycles. The molecule has 0 radical (unpaired) electrons. The number of halogens is 1. The van der Waals surface area contributed by atoms with Crippen molar-refractivity contribution < 1.29 is 17.1 Å². The molecule has 1 unspecified atom stereocenters. The van der Waals surface area contributed by atoms with E-state index in [0.717, 1.165) is 29.5 Å². The topological polar surface area (TPSA) is 9.23 Å². The number of benzene rings is 3. The lowest BCUT2D eigenvalue weighted by atomic mass is 9.80. The largest absolute Gasteiger partial charge is 1.00 e. The molecule has 124 valence electrons. The first-order chi connectivity index (χ1) is 11.4. The summed E-state index contributed by atoms with van der Waals surface area (Å²) in [6.45, 7) is 0.719. The first-order valence-corrected chi connectivity index (χ1v) is 8.97. The first-order valence-electron chi connectivity index (χ1n) is 7.97.